The molecule has 2 aromatic rings. The smallest absolute Gasteiger partial charge is 0.241 e. The molecule has 0 saturated heterocycles. The molecule has 0 spiro atoms. The fourth-order valence-electron chi connectivity index (χ4n) is 2.78. The SMILES string of the molecule is CCC(NC(=O)CN(c1ccc(OC)cc1)S(C)(=O)=O)c1ccc(OC)cc1. The Kier molecular flexibility index (Phi) is 7.28. The summed E-state index contributed by atoms with van der Waals surface area (Å²) in [5.74, 6) is 0.948. The highest BCUT2D eigenvalue weighted by atomic mass is 32.2. The minimum absolute atomic E-state index is 0.226. The van der Waals surface area contributed by atoms with E-state index in [-0.39, 0.29) is 18.5 Å². The van der Waals surface area contributed by atoms with Gasteiger partial charge in [-0.2, -0.15) is 0 Å². The summed E-state index contributed by atoms with van der Waals surface area (Å²) in [6.45, 7) is 1.64. The van der Waals surface area contributed by atoms with Gasteiger partial charge in [0.25, 0.3) is 0 Å². The monoisotopic (exact) mass is 406 g/mol. The molecule has 0 fully saturated rings. The number of nitrogens with one attached hydrogen (secondary N) is 1. The van der Waals surface area contributed by atoms with Crippen LogP contribution in [0.5, 0.6) is 11.5 Å². The van der Waals surface area contributed by atoms with E-state index in [1.165, 1.54) is 7.11 Å². The number of ether oxygens (including phenoxy) is 2. The van der Waals surface area contributed by atoms with Gasteiger partial charge in [-0.05, 0) is 48.4 Å². The first kappa shape index (κ1) is 21.6. The van der Waals surface area contributed by atoms with Gasteiger partial charge < -0.3 is 14.8 Å². The van der Waals surface area contributed by atoms with Crippen molar-refractivity contribution in [1.29, 1.82) is 0 Å². The van der Waals surface area contributed by atoms with Crippen molar-refractivity contribution in [3.63, 3.8) is 0 Å². The second kappa shape index (κ2) is 9.45. The third-order valence-corrected chi connectivity index (χ3v) is 5.45. The lowest BCUT2D eigenvalue weighted by molar-refractivity contribution is -0.120. The first-order valence-electron chi connectivity index (χ1n) is 8.83. The fourth-order valence-corrected chi connectivity index (χ4v) is 3.63. The first-order chi connectivity index (χ1) is 13.3. The summed E-state index contributed by atoms with van der Waals surface area (Å²) in [6.07, 6.45) is 1.74. The van der Waals surface area contributed by atoms with Crippen LogP contribution < -0.4 is 19.1 Å². The third-order valence-electron chi connectivity index (χ3n) is 4.31. The minimum atomic E-state index is -3.63. The maximum atomic E-state index is 12.6. The molecule has 1 atom stereocenters. The summed E-state index contributed by atoms with van der Waals surface area (Å²) in [4.78, 5) is 12.6. The van der Waals surface area contributed by atoms with Crippen LogP contribution in [0.1, 0.15) is 24.9 Å². The van der Waals surface area contributed by atoms with Crippen LogP contribution in [0.15, 0.2) is 48.5 Å². The normalized spacial score (nSPS) is 12.1. The first-order valence-corrected chi connectivity index (χ1v) is 10.7. The van der Waals surface area contributed by atoms with Crippen molar-refractivity contribution in [3.05, 3.63) is 54.1 Å². The summed E-state index contributed by atoms with van der Waals surface area (Å²) >= 11 is 0. The van der Waals surface area contributed by atoms with Gasteiger partial charge in [0.05, 0.1) is 32.2 Å². The Morgan fingerprint density at radius 1 is 1.00 bits per heavy atom. The lowest BCUT2D eigenvalue weighted by Crippen LogP contribution is -2.41. The van der Waals surface area contributed by atoms with Crippen LogP contribution in [-0.2, 0) is 14.8 Å². The molecule has 0 aromatic heterocycles. The summed E-state index contributed by atoms with van der Waals surface area (Å²) in [7, 11) is -0.515. The zero-order valence-corrected chi connectivity index (χ0v) is 17.3. The van der Waals surface area contributed by atoms with E-state index in [1.807, 2.05) is 31.2 Å². The number of anilines is 1. The number of hydrogen-bond donors (Lipinski definition) is 1. The largest absolute Gasteiger partial charge is 0.497 e. The lowest BCUT2D eigenvalue weighted by atomic mass is 10.0. The van der Waals surface area contributed by atoms with Crippen molar-refractivity contribution in [1.82, 2.24) is 5.32 Å². The van der Waals surface area contributed by atoms with Crippen LogP contribution in [0.2, 0.25) is 0 Å². The molecule has 28 heavy (non-hydrogen) atoms. The Morgan fingerprint density at radius 2 is 1.50 bits per heavy atom. The molecule has 8 heteroatoms. The standard InChI is InChI=1S/C20H26N2O5S/c1-5-19(15-6-10-17(26-2)11-7-15)21-20(23)14-22(28(4,24)25)16-8-12-18(27-3)13-9-16/h6-13,19H,5,14H2,1-4H3,(H,21,23). The van der Waals surface area contributed by atoms with Gasteiger partial charge >= 0.3 is 0 Å². The predicted molar refractivity (Wildman–Crippen MR) is 109 cm³/mol. The average molecular weight is 407 g/mol. The van der Waals surface area contributed by atoms with E-state index in [1.54, 1.807) is 31.4 Å². The molecular formula is C20H26N2O5S. The van der Waals surface area contributed by atoms with Gasteiger partial charge in [-0.15, -0.1) is 0 Å². The van der Waals surface area contributed by atoms with E-state index in [0.29, 0.717) is 17.9 Å². The highest BCUT2D eigenvalue weighted by Crippen LogP contribution is 2.23. The van der Waals surface area contributed by atoms with E-state index < -0.39 is 10.0 Å². The van der Waals surface area contributed by atoms with Crippen molar-refractivity contribution in [3.8, 4) is 11.5 Å². The van der Waals surface area contributed by atoms with Gasteiger partial charge in [0.15, 0.2) is 0 Å². The van der Waals surface area contributed by atoms with Crippen LogP contribution in [-0.4, -0.2) is 41.3 Å². The zero-order valence-electron chi connectivity index (χ0n) is 16.5. The topological polar surface area (TPSA) is 84.9 Å². The van der Waals surface area contributed by atoms with E-state index in [9.17, 15) is 13.2 Å². The number of carbonyl (C=O) groups excluding carboxylic acids is 1. The molecule has 1 N–H and O–H groups in total. The maximum Gasteiger partial charge on any atom is 0.241 e. The fraction of sp³-hybridized carbons (Fsp3) is 0.350. The highest BCUT2D eigenvalue weighted by molar-refractivity contribution is 7.92. The van der Waals surface area contributed by atoms with Gasteiger partial charge in [-0.1, -0.05) is 19.1 Å². The number of methoxy groups -OCH3 is 2. The highest BCUT2D eigenvalue weighted by Gasteiger charge is 2.22. The number of benzene rings is 2. The van der Waals surface area contributed by atoms with Crippen LogP contribution >= 0.6 is 0 Å². The van der Waals surface area contributed by atoms with Gasteiger partial charge in [0.1, 0.15) is 18.0 Å². The van der Waals surface area contributed by atoms with E-state index >= 15 is 0 Å². The summed E-state index contributed by atoms with van der Waals surface area (Å²) in [6, 6.07) is 13.7. The molecule has 2 rings (SSSR count). The molecule has 2 aromatic carbocycles. The van der Waals surface area contributed by atoms with Crippen LogP contribution in [0, 0.1) is 0 Å². The quantitative estimate of drug-likeness (QED) is 0.692. The number of hydrogen-bond acceptors (Lipinski definition) is 5. The van der Waals surface area contributed by atoms with Crippen LogP contribution in [0.3, 0.4) is 0 Å². The average Bonchev–Trinajstić information content (AvgIpc) is 2.69. The van der Waals surface area contributed by atoms with Gasteiger partial charge in [-0.25, -0.2) is 8.42 Å². The Hall–Kier alpha value is -2.74. The van der Waals surface area contributed by atoms with Crippen LogP contribution in [0.25, 0.3) is 0 Å². The molecule has 0 aliphatic rings. The second-order valence-corrected chi connectivity index (χ2v) is 8.18. The molecule has 0 radical (unpaired) electrons. The second-order valence-electron chi connectivity index (χ2n) is 6.27. The molecule has 1 amide bonds. The van der Waals surface area contributed by atoms with Crippen molar-refractivity contribution in [2.75, 3.05) is 31.3 Å². The van der Waals surface area contributed by atoms with E-state index in [2.05, 4.69) is 5.32 Å². The molecule has 0 bridgehead atoms. The Balaban J connectivity index is 2.15. The molecule has 0 aliphatic heterocycles. The van der Waals surface area contributed by atoms with Crippen molar-refractivity contribution in [2.45, 2.75) is 19.4 Å². The number of carbonyl (C=O) groups is 1. The molecule has 0 heterocycles. The summed E-state index contributed by atoms with van der Waals surface area (Å²) < 4.78 is 35.8. The van der Waals surface area contributed by atoms with Crippen molar-refractivity contribution < 1.29 is 22.7 Å². The zero-order chi connectivity index (χ0) is 20.7. The Bertz CT molecular complexity index is 880. The minimum Gasteiger partial charge on any atom is -0.497 e. The van der Waals surface area contributed by atoms with Gasteiger partial charge in [0, 0.05) is 0 Å². The number of sulfonamides is 1. The molecule has 7 nitrogen and oxygen atoms in total. The molecule has 0 saturated carbocycles. The summed E-state index contributed by atoms with van der Waals surface area (Å²) in [5, 5.41) is 2.90. The molecular weight excluding hydrogens is 380 g/mol. The molecule has 152 valence electrons. The third kappa shape index (κ3) is 5.63. The number of rotatable bonds is 9. The van der Waals surface area contributed by atoms with Gasteiger partial charge in [-0.3, -0.25) is 9.10 Å². The Labute approximate surface area is 166 Å². The van der Waals surface area contributed by atoms with Gasteiger partial charge in [0.2, 0.25) is 15.9 Å². The van der Waals surface area contributed by atoms with Crippen molar-refractivity contribution >= 4 is 21.6 Å². The van der Waals surface area contributed by atoms with Crippen LogP contribution in [0.4, 0.5) is 5.69 Å². The van der Waals surface area contributed by atoms with Crippen molar-refractivity contribution in [2.24, 2.45) is 0 Å². The van der Waals surface area contributed by atoms with E-state index in [0.717, 1.165) is 21.9 Å². The Morgan fingerprint density at radius 3 is 1.93 bits per heavy atom. The van der Waals surface area contributed by atoms with E-state index in [4.69, 9.17) is 9.47 Å². The molecule has 0 aliphatic carbocycles. The predicted octanol–water partition coefficient (Wildman–Crippen LogP) is 2.74. The molecule has 1 unspecified atom stereocenters. The lowest BCUT2D eigenvalue weighted by Gasteiger charge is -2.24. The number of nitrogens with zero attached hydrogens (tertiary/aromatic N) is 1. The number of amides is 1. The summed E-state index contributed by atoms with van der Waals surface area (Å²) in [5.41, 5.74) is 1.32. The maximum absolute atomic E-state index is 12.6.